The molecule has 3 aromatic rings. The molecule has 0 radical (unpaired) electrons. The second-order valence-electron chi connectivity index (χ2n) is 9.64. The molecule has 2 saturated carbocycles. The van der Waals surface area contributed by atoms with Crippen molar-refractivity contribution in [1.29, 1.82) is 0 Å². The summed E-state index contributed by atoms with van der Waals surface area (Å²) >= 11 is 3.89. The van der Waals surface area contributed by atoms with Gasteiger partial charge in [-0.05, 0) is 120 Å². The van der Waals surface area contributed by atoms with E-state index in [9.17, 15) is 0 Å². The molecule has 0 atom stereocenters. The largest absolute Gasteiger partial charge is 0.144 e. The quantitative estimate of drug-likeness (QED) is 0.383. The summed E-state index contributed by atoms with van der Waals surface area (Å²) in [4.78, 5) is 2.91. The fraction of sp³-hybridized carbons (Fsp3) is 0.500. The van der Waals surface area contributed by atoms with Crippen molar-refractivity contribution in [3.8, 4) is 20.9 Å². The molecule has 158 valence electrons. The molecule has 0 N–H and O–H groups in total. The molecule has 0 nitrogen and oxygen atoms in total. The highest BCUT2D eigenvalue weighted by atomic mass is 32.1. The summed E-state index contributed by atoms with van der Waals surface area (Å²) in [6.45, 7) is 4.60. The Labute approximate surface area is 190 Å². The van der Waals surface area contributed by atoms with E-state index in [1.807, 2.05) is 22.7 Å². The maximum Gasteiger partial charge on any atom is 0.0348 e. The van der Waals surface area contributed by atoms with Gasteiger partial charge in [-0.25, -0.2) is 0 Å². The van der Waals surface area contributed by atoms with Gasteiger partial charge in [0.05, 0.1) is 0 Å². The van der Waals surface area contributed by atoms with Crippen LogP contribution < -0.4 is 0 Å². The zero-order valence-electron chi connectivity index (χ0n) is 18.5. The van der Waals surface area contributed by atoms with E-state index in [0.29, 0.717) is 0 Å². The molecule has 2 fully saturated rings. The fourth-order valence-corrected chi connectivity index (χ4v) is 7.78. The van der Waals surface area contributed by atoms with Crippen molar-refractivity contribution in [2.24, 2.45) is 0 Å². The lowest BCUT2D eigenvalue weighted by Gasteiger charge is -2.20. The zero-order chi connectivity index (χ0) is 20.5. The average Bonchev–Trinajstić information content (AvgIpc) is 3.47. The lowest BCUT2D eigenvalue weighted by Crippen LogP contribution is -2.02. The predicted molar refractivity (Wildman–Crippen MR) is 134 cm³/mol. The molecule has 0 spiro atoms. The minimum atomic E-state index is 0.800. The highest BCUT2D eigenvalue weighted by Gasteiger charge is 2.20. The third-order valence-corrected chi connectivity index (χ3v) is 9.46. The second-order valence-corrected chi connectivity index (χ2v) is 11.5. The van der Waals surface area contributed by atoms with Crippen LogP contribution in [0.25, 0.3) is 20.9 Å². The Balaban J connectivity index is 1.40. The number of thiophene rings is 2. The van der Waals surface area contributed by atoms with Crippen LogP contribution in [-0.2, 0) is 0 Å². The topological polar surface area (TPSA) is 0 Å². The van der Waals surface area contributed by atoms with Crippen molar-refractivity contribution in [3.63, 3.8) is 0 Å². The molecule has 0 saturated heterocycles. The first-order valence-corrected chi connectivity index (χ1v) is 13.7. The van der Waals surface area contributed by atoms with Crippen molar-refractivity contribution in [2.75, 3.05) is 0 Å². The minimum absolute atomic E-state index is 0.800. The summed E-state index contributed by atoms with van der Waals surface area (Å²) in [5, 5.41) is 4.87. The van der Waals surface area contributed by atoms with E-state index < -0.39 is 0 Å². The molecule has 1 aromatic carbocycles. The van der Waals surface area contributed by atoms with E-state index in [2.05, 4.69) is 48.9 Å². The standard InChI is InChI=1S/C28H34S2/c1-19-13-26(28-16-24(18-30-28)22-11-7-4-8-12-22)20(2)14-25(19)27-15-23(17-29-27)21-9-5-3-6-10-21/h13-18,21-22H,3-12H2,1-2H3. The van der Waals surface area contributed by atoms with Crippen molar-refractivity contribution in [2.45, 2.75) is 89.9 Å². The maximum atomic E-state index is 2.49. The van der Waals surface area contributed by atoms with E-state index in [-0.39, 0.29) is 0 Å². The Morgan fingerprint density at radius 3 is 1.37 bits per heavy atom. The smallest absolute Gasteiger partial charge is 0.0348 e. The van der Waals surface area contributed by atoms with Gasteiger partial charge in [0, 0.05) is 9.75 Å². The van der Waals surface area contributed by atoms with Gasteiger partial charge >= 0.3 is 0 Å². The van der Waals surface area contributed by atoms with Gasteiger partial charge in [-0.1, -0.05) is 38.5 Å². The number of hydrogen-bond donors (Lipinski definition) is 0. The van der Waals surface area contributed by atoms with Crippen LogP contribution in [0.3, 0.4) is 0 Å². The van der Waals surface area contributed by atoms with E-state index in [1.165, 1.54) is 96.2 Å². The maximum absolute atomic E-state index is 2.49. The summed E-state index contributed by atoms with van der Waals surface area (Å²) in [6, 6.07) is 9.88. The molecule has 0 bridgehead atoms. The van der Waals surface area contributed by atoms with Gasteiger partial charge in [0.25, 0.3) is 0 Å². The normalized spacial score (nSPS) is 18.7. The van der Waals surface area contributed by atoms with Gasteiger partial charge in [0.15, 0.2) is 0 Å². The molecule has 0 amide bonds. The minimum Gasteiger partial charge on any atom is -0.144 e. The van der Waals surface area contributed by atoms with E-state index in [4.69, 9.17) is 0 Å². The van der Waals surface area contributed by atoms with Gasteiger partial charge in [-0.15, -0.1) is 22.7 Å². The molecule has 2 aliphatic rings. The molecule has 2 aromatic heterocycles. The van der Waals surface area contributed by atoms with Crippen molar-refractivity contribution in [3.05, 3.63) is 57.3 Å². The summed E-state index contributed by atoms with van der Waals surface area (Å²) in [5.74, 6) is 1.60. The Morgan fingerprint density at radius 2 is 0.967 bits per heavy atom. The molecule has 5 rings (SSSR count). The van der Waals surface area contributed by atoms with E-state index in [0.717, 1.165) is 11.8 Å². The lowest BCUT2D eigenvalue weighted by atomic mass is 9.85. The summed E-state index contributed by atoms with van der Waals surface area (Å²) in [6.07, 6.45) is 14.0. The molecule has 2 heteroatoms. The second kappa shape index (κ2) is 9.01. The Bertz CT molecular complexity index is 912. The monoisotopic (exact) mass is 434 g/mol. The van der Waals surface area contributed by atoms with Gasteiger partial charge in [-0.3, -0.25) is 0 Å². The van der Waals surface area contributed by atoms with Crippen LogP contribution in [0.1, 0.15) is 98.3 Å². The van der Waals surface area contributed by atoms with Crippen LogP contribution in [0, 0.1) is 13.8 Å². The Hall–Kier alpha value is -1.38. The van der Waals surface area contributed by atoms with E-state index >= 15 is 0 Å². The Morgan fingerprint density at radius 1 is 0.567 bits per heavy atom. The number of benzene rings is 1. The first-order chi connectivity index (χ1) is 14.7. The Kier molecular flexibility index (Phi) is 6.16. The number of hydrogen-bond acceptors (Lipinski definition) is 2. The van der Waals surface area contributed by atoms with Gasteiger partial charge in [-0.2, -0.15) is 0 Å². The van der Waals surface area contributed by atoms with Gasteiger partial charge in [0.2, 0.25) is 0 Å². The highest BCUT2D eigenvalue weighted by molar-refractivity contribution is 7.14. The van der Waals surface area contributed by atoms with Crippen molar-refractivity contribution < 1.29 is 0 Å². The van der Waals surface area contributed by atoms with Crippen LogP contribution in [0.5, 0.6) is 0 Å². The highest BCUT2D eigenvalue weighted by Crippen LogP contribution is 2.42. The average molecular weight is 435 g/mol. The number of rotatable bonds is 4. The first kappa shape index (κ1) is 20.5. The zero-order valence-corrected chi connectivity index (χ0v) is 20.1. The third-order valence-electron chi connectivity index (χ3n) is 7.49. The van der Waals surface area contributed by atoms with Gasteiger partial charge < -0.3 is 0 Å². The molecule has 2 aliphatic carbocycles. The van der Waals surface area contributed by atoms with Crippen molar-refractivity contribution in [1.82, 2.24) is 0 Å². The fourth-order valence-electron chi connectivity index (χ4n) is 5.63. The summed E-state index contributed by atoms with van der Waals surface area (Å²) in [7, 11) is 0. The van der Waals surface area contributed by atoms with E-state index in [1.54, 1.807) is 11.1 Å². The van der Waals surface area contributed by atoms with Crippen molar-refractivity contribution >= 4 is 22.7 Å². The molecule has 30 heavy (non-hydrogen) atoms. The number of aryl methyl sites for hydroxylation is 2. The molecule has 0 aliphatic heterocycles. The SMILES string of the molecule is Cc1cc(-c2cc(C3CCCCC3)cs2)c(C)cc1-c1cc(C2CCCCC2)cs1. The van der Waals surface area contributed by atoms with Crippen LogP contribution in [0.15, 0.2) is 35.0 Å². The van der Waals surface area contributed by atoms with Crippen LogP contribution >= 0.6 is 22.7 Å². The third kappa shape index (κ3) is 4.18. The van der Waals surface area contributed by atoms with Gasteiger partial charge in [0.1, 0.15) is 0 Å². The summed E-state index contributed by atoms with van der Waals surface area (Å²) in [5.41, 5.74) is 8.89. The van der Waals surface area contributed by atoms with Crippen LogP contribution in [0.2, 0.25) is 0 Å². The van der Waals surface area contributed by atoms with Crippen LogP contribution in [0.4, 0.5) is 0 Å². The molecular formula is C28H34S2. The predicted octanol–water partition coefficient (Wildman–Crippen LogP) is 9.86. The first-order valence-electron chi connectivity index (χ1n) is 12.0. The van der Waals surface area contributed by atoms with Crippen LogP contribution in [-0.4, -0.2) is 0 Å². The lowest BCUT2D eigenvalue weighted by molar-refractivity contribution is 0.444. The molecular weight excluding hydrogens is 400 g/mol. The molecule has 0 unspecified atom stereocenters. The summed E-state index contributed by atoms with van der Waals surface area (Å²) < 4.78 is 0. The molecule has 2 heterocycles.